The molecule has 2 unspecified atom stereocenters. The maximum atomic E-state index is 14.0. The molecule has 0 aliphatic rings. The molecule has 6 heteroatoms. The lowest BCUT2D eigenvalue weighted by Crippen LogP contribution is -2.47. The summed E-state index contributed by atoms with van der Waals surface area (Å²) in [7, 11) is 0. The Bertz CT molecular complexity index is 1050. The quantitative estimate of drug-likeness (QED) is 0.420. The number of ether oxygens (including phenoxy) is 1. The van der Waals surface area contributed by atoms with E-state index >= 15 is 0 Å². The monoisotopic (exact) mass is 457 g/mol. The molecule has 1 N–H and O–H groups in total. The highest BCUT2D eigenvalue weighted by molar-refractivity contribution is 6.30. The van der Waals surface area contributed by atoms with E-state index in [0.29, 0.717) is 10.8 Å². The Labute approximate surface area is 192 Å². The van der Waals surface area contributed by atoms with Crippen LogP contribution in [0.15, 0.2) is 72.8 Å². The number of carbonyl (C=O) groups is 1. The molecule has 3 aromatic rings. The molecule has 0 aliphatic carbocycles. The highest BCUT2D eigenvalue weighted by Crippen LogP contribution is 2.33. The Hall–Kier alpha value is -2.92. The van der Waals surface area contributed by atoms with E-state index < -0.39 is 5.60 Å². The van der Waals surface area contributed by atoms with Gasteiger partial charge in [-0.25, -0.2) is 8.78 Å². The molecule has 0 radical (unpaired) electrons. The van der Waals surface area contributed by atoms with Gasteiger partial charge >= 0.3 is 0 Å². The van der Waals surface area contributed by atoms with Crippen molar-refractivity contribution in [3.8, 4) is 5.75 Å². The van der Waals surface area contributed by atoms with E-state index in [9.17, 15) is 13.6 Å². The summed E-state index contributed by atoms with van der Waals surface area (Å²) < 4.78 is 32.9. The van der Waals surface area contributed by atoms with E-state index in [1.54, 1.807) is 19.9 Å². The third-order valence-electron chi connectivity index (χ3n) is 5.49. The van der Waals surface area contributed by atoms with Crippen molar-refractivity contribution < 1.29 is 18.3 Å². The lowest BCUT2D eigenvalue weighted by molar-refractivity contribution is -0.134. The van der Waals surface area contributed by atoms with Crippen LogP contribution in [0.2, 0.25) is 5.02 Å². The molecule has 168 valence electrons. The predicted molar refractivity (Wildman–Crippen MR) is 123 cm³/mol. The van der Waals surface area contributed by atoms with Gasteiger partial charge < -0.3 is 10.1 Å². The molecule has 0 bridgehead atoms. The predicted octanol–water partition coefficient (Wildman–Crippen LogP) is 6.48. The maximum absolute atomic E-state index is 14.0. The molecule has 3 nitrogen and oxygen atoms in total. The fourth-order valence-electron chi connectivity index (χ4n) is 3.58. The number of rotatable bonds is 8. The largest absolute Gasteiger partial charge is 0.478 e. The highest BCUT2D eigenvalue weighted by Gasteiger charge is 2.31. The van der Waals surface area contributed by atoms with Crippen LogP contribution in [0.1, 0.15) is 43.7 Å². The van der Waals surface area contributed by atoms with Crippen LogP contribution >= 0.6 is 11.6 Å². The van der Waals surface area contributed by atoms with E-state index in [0.717, 1.165) is 11.1 Å². The van der Waals surface area contributed by atoms with E-state index in [4.69, 9.17) is 16.3 Å². The summed E-state index contributed by atoms with van der Waals surface area (Å²) in [5, 5.41) is 3.58. The number of hydrogen-bond acceptors (Lipinski definition) is 2. The molecular formula is C26H26ClF2NO2. The van der Waals surface area contributed by atoms with Gasteiger partial charge in [0.25, 0.3) is 5.91 Å². The van der Waals surface area contributed by atoms with Crippen LogP contribution in [0, 0.1) is 11.6 Å². The molecule has 2 atom stereocenters. The summed E-state index contributed by atoms with van der Waals surface area (Å²) in [6.07, 6.45) is 0. The Morgan fingerprint density at radius 2 is 1.62 bits per heavy atom. The van der Waals surface area contributed by atoms with Crippen molar-refractivity contribution >= 4 is 17.5 Å². The molecule has 0 aromatic heterocycles. The maximum Gasteiger partial charge on any atom is 0.263 e. The second kappa shape index (κ2) is 10.1. The summed E-state index contributed by atoms with van der Waals surface area (Å²) >= 11 is 6.02. The van der Waals surface area contributed by atoms with E-state index in [-0.39, 0.29) is 35.9 Å². The molecule has 0 aliphatic heterocycles. The van der Waals surface area contributed by atoms with Crippen molar-refractivity contribution in [1.29, 1.82) is 0 Å². The SMILES string of the molecule is CC(c1ccc(Cl)cc1)C(CNC(=O)C(C)(C)Oc1ccc(F)cc1)c1cccc(F)c1. The van der Waals surface area contributed by atoms with E-state index in [1.165, 1.54) is 36.4 Å². The average Bonchev–Trinajstić information content (AvgIpc) is 2.75. The van der Waals surface area contributed by atoms with Gasteiger partial charge in [-0.15, -0.1) is 0 Å². The van der Waals surface area contributed by atoms with Crippen molar-refractivity contribution in [2.75, 3.05) is 6.54 Å². The smallest absolute Gasteiger partial charge is 0.263 e. The fourth-order valence-corrected chi connectivity index (χ4v) is 3.70. The number of carbonyl (C=O) groups excluding carboxylic acids is 1. The van der Waals surface area contributed by atoms with Crippen LogP contribution < -0.4 is 10.1 Å². The fraction of sp³-hybridized carbons (Fsp3) is 0.269. The molecule has 0 fully saturated rings. The second-order valence-corrected chi connectivity index (χ2v) is 8.71. The molecule has 0 saturated carbocycles. The first kappa shape index (κ1) is 23.7. The standard InChI is InChI=1S/C26H26ClF2NO2/c1-17(18-7-9-20(27)10-8-18)24(19-5-4-6-22(29)15-19)16-30-25(31)26(2,3)32-23-13-11-21(28)12-14-23/h4-15,17,24H,16H2,1-3H3,(H,30,31). The minimum atomic E-state index is -1.19. The summed E-state index contributed by atoms with van der Waals surface area (Å²) in [4.78, 5) is 12.9. The molecule has 0 heterocycles. The minimum absolute atomic E-state index is 0.0181. The van der Waals surface area contributed by atoms with Crippen LogP contribution in [0.3, 0.4) is 0 Å². The highest BCUT2D eigenvalue weighted by atomic mass is 35.5. The molecule has 1 amide bonds. The summed E-state index contributed by atoms with van der Waals surface area (Å²) in [5.41, 5.74) is 0.623. The first-order chi connectivity index (χ1) is 15.2. The van der Waals surface area contributed by atoms with Crippen molar-refractivity contribution in [2.24, 2.45) is 0 Å². The Morgan fingerprint density at radius 3 is 2.25 bits per heavy atom. The van der Waals surface area contributed by atoms with Crippen LogP contribution in [0.4, 0.5) is 8.78 Å². The first-order valence-electron chi connectivity index (χ1n) is 10.4. The molecule has 0 saturated heterocycles. The third kappa shape index (κ3) is 6.07. The minimum Gasteiger partial charge on any atom is -0.478 e. The van der Waals surface area contributed by atoms with Gasteiger partial charge in [0.05, 0.1) is 0 Å². The van der Waals surface area contributed by atoms with Gasteiger partial charge in [-0.1, -0.05) is 42.8 Å². The number of hydrogen-bond donors (Lipinski definition) is 1. The molecule has 0 spiro atoms. The molecular weight excluding hydrogens is 432 g/mol. The van der Waals surface area contributed by atoms with Crippen LogP contribution in [-0.4, -0.2) is 18.1 Å². The number of nitrogens with one attached hydrogen (secondary N) is 1. The van der Waals surface area contributed by atoms with E-state index in [2.05, 4.69) is 5.32 Å². The van der Waals surface area contributed by atoms with Gasteiger partial charge in [0.2, 0.25) is 0 Å². The number of amides is 1. The number of benzene rings is 3. The van der Waals surface area contributed by atoms with Crippen molar-refractivity contribution in [3.05, 3.63) is 101 Å². The van der Waals surface area contributed by atoms with Crippen molar-refractivity contribution in [1.82, 2.24) is 5.32 Å². The van der Waals surface area contributed by atoms with Crippen LogP contribution in [0.5, 0.6) is 5.75 Å². The van der Waals surface area contributed by atoms with Crippen LogP contribution in [-0.2, 0) is 4.79 Å². The second-order valence-electron chi connectivity index (χ2n) is 8.28. The molecule has 3 rings (SSSR count). The first-order valence-corrected chi connectivity index (χ1v) is 10.8. The van der Waals surface area contributed by atoms with Gasteiger partial charge in [0.1, 0.15) is 17.4 Å². The van der Waals surface area contributed by atoms with Crippen molar-refractivity contribution in [2.45, 2.75) is 38.2 Å². The Balaban J connectivity index is 1.77. The molecule has 3 aromatic carbocycles. The van der Waals surface area contributed by atoms with Gasteiger partial charge in [-0.3, -0.25) is 4.79 Å². The zero-order valence-electron chi connectivity index (χ0n) is 18.2. The van der Waals surface area contributed by atoms with Gasteiger partial charge in [-0.05, 0) is 79.4 Å². The van der Waals surface area contributed by atoms with Crippen molar-refractivity contribution in [3.63, 3.8) is 0 Å². The van der Waals surface area contributed by atoms with Gasteiger partial charge in [0.15, 0.2) is 5.60 Å². The number of halogens is 3. The average molecular weight is 458 g/mol. The third-order valence-corrected chi connectivity index (χ3v) is 5.74. The normalized spacial score (nSPS) is 13.3. The summed E-state index contributed by atoms with van der Waals surface area (Å²) in [6, 6.07) is 19.4. The topological polar surface area (TPSA) is 38.3 Å². The van der Waals surface area contributed by atoms with Gasteiger partial charge in [-0.2, -0.15) is 0 Å². The van der Waals surface area contributed by atoms with Gasteiger partial charge in [0, 0.05) is 17.5 Å². The lowest BCUT2D eigenvalue weighted by Gasteiger charge is -2.29. The molecule has 32 heavy (non-hydrogen) atoms. The summed E-state index contributed by atoms with van der Waals surface area (Å²) in [5.74, 6) is -0.849. The zero-order valence-corrected chi connectivity index (χ0v) is 19.0. The van der Waals surface area contributed by atoms with Crippen LogP contribution in [0.25, 0.3) is 0 Å². The Morgan fingerprint density at radius 1 is 0.969 bits per heavy atom. The Kier molecular flexibility index (Phi) is 7.52. The summed E-state index contributed by atoms with van der Waals surface area (Å²) in [6.45, 7) is 5.60. The zero-order chi connectivity index (χ0) is 23.3. The lowest BCUT2D eigenvalue weighted by atomic mass is 9.82. The van der Waals surface area contributed by atoms with E-state index in [1.807, 2.05) is 37.3 Å².